The van der Waals surface area contributed by atoms with Crippen LogP contribution in [0, 0.1) is 16.0 Å². The number of nitro benzene ring substituents is 1. The topological polar surface area (TPSA) is 92.6 Å². The van der Waals surface area contributed by atoms with Gasteiger partial charge in [0, 0.05) is 36.7 Å². The zero-order valence-electron chi connectivity index (χ0n) is 13.7. The van der Waals surface area contributed by atoms with Gasteiger partial charge in [-0.25, -0.2) is 0 Å². The van der Waals surface area contributed by atoms with E-state index in [0.717, 1.165) is 5.56 Å². The standard InChI is InChI=1S/C18H16ClN3O4/c19-16-7-2-1-4-12(16)10-20-18(24)13-8-17(23)21(11-13)14-5-3-6-15(9-14)22(25)26/h1-7,9,13H,8,10-11H2,(H,20,24)/t13-/m1/s1. The number of halogens is 1. The molecule has 26 heavy (non-hydrogen) atoms. The number of amides is 2. The van der Waals surface area contributed by atoms with Gasteiger partial charge in [0.1, 0.15) is 0 Å². The first-order chi connectivity index (χ1) is 12.5. The molecule has 0 spiro atoms. The molecule has 1 aliphatic rings. The molecule has 0 saturated carbocycles. The summed E-state index contributed by atoms with van der Waals surface area (Å²) in [5, 5.41) is 14.3. The Labute approximate surface area is 154 Å². The molecular formula is C18H16ClN3O4. The zero-order valence-corrected chi connectivity index (χ0v) is 14.5. The van der Waals surface area contributed by atoms with Gasteiger partial charge < -0.3 is 10.2 Å². The molecule has 0 unspecified atom stereocenters. The van der Waals surface area contributed by atoms with Crippen molar-refractivity contribution in [2.24, 2.45) is 5.92 Å². The summed E-state index contributed by atoms with van der Waals surface area (Å²) in [5.74, 6) is -0.987. The first kappa shape index (κ1) is 17.9. The second kappa shape index (κ2) is 7.53. The Morgan fingerprint density at radius 1 is 1.27 bits per heavy atom. The minimum atomic E-state index is -0.516. The van der Waals surface area contributed by atoms with Crippen molar-refractivity contribution in [3.05, 3.63) is 69.2 Å². The molecular weight excluding hydrogens is 358 g/mol. The van der Waals surface area contributed by atoms with Gasteiger partial charge in [-0.1, -0.05) is 35.9 Å². The van der Waals surface area contributed by atoms with Crippen molar-refractivity contribution in [2.45, 2.75) is 13.0 Å². The molecule has 0 radical (unpaired) electrons. The number of hydrogen-bond acceptors (Lipinski definition) is 4. The Bertz CT molecular complexity index is 871. The van der Waals surface area contributed by atoms with Crippen LogP contribution in [0.4, 0.5) is 11.4 Å². The summed E-state index contributed by atoms with van der Waals surface area (Å²) < 4.78 is 0. The van der Waals surface area contributed by atoms with Crippen LogP contribution in [-0.2, 0) is 16.1 Å². The number of nitro groups is 1. The number of rotatable bonds is 5. The molecule has 7 nitrogen and oxygen atoms in total. The lowest BCUT2D eigenvalue weighted by Crippen LogP contribution is -2.32. The monoisotopic (exact) mass is 373 g/mol. The number of hydrogen-bond donors (Lipinski definition) is 1. The van der Waals surface area contributed by atoms with Crippen LogP contribution in [-0.4, -0.2) is 23.3 Å². The highest BCUT2D eigenvalue weighted by atomic mass is 35.5. The molecule has 2 amide bonds. The van der Waals surface area contributed by atoms with Crippen molar-refractivity contribution >= 4 is 34.8 Å². The number of anilines is 1. The van der Waals surface area contributed by atoms with Crippen molar-refractivity contribution in [2.75, 3.05) is 11.4 Å². The molecule has 1 heterocycles. The van der Waals surface area contributed by atoms with Gasteiger partial charge in [0.2, 0.25) is 11.8 Å². The molecule has 2 aromatic rings. The second-order valence-electron chi connectivity index (χ2n) is 5.99. The van der Waals surface area contributed by atoms with E-state index in [1.165, 1.54) is 23.1 Å². The fraction of sp³-hybridized carbons (Fsp3) is 0.222. The second-order valence-corrected chi connectivity index (χ2v) is 6.40. The SMILES string of the molecule is O=C(NCc1ccccc1Cl)[C@@H]1CC(=O)N(c2cccc([N+](=O)[O-])c2)C1. The lowest BCUT2D eigenvalue weighted by atomic mass is 10.1. The van der Waals surface area contributed by atoms with E-state index in [-0.39, 0.29) is 37.0 Å². The van der Waals surface area contributed by atoms with Gasteiger partial charge in [-0.2, -0.15) is 0 Å². The highest BCUT2D eigenvalue weighted by Crippen LogP contribution is 2.28. The summed E-state index contributed by atoms with van der Waals surface area (Å²) in [6.07, 6.45) is 0.0665. The van der Waals surface area contributed by atoms with Crippen LogP contribution in [0.3, 0.4) is 0 Å². The largest absolute Gasteiger partial charge is 0.352 e. The molecule has 1 atom stereocenters. The van der Waals surface area contributed by atoms with E-state index in [0.29, 0.717) is 10.7 Å². The molecule has 0 aliphatic carbocycles. The van der Waals surface area contributed by atoms with Crippen LogP contribution in [0.15, 0.2) is 48.5 Å². The number of non-ortho nitro benzene ring substituents is 1. The lowest BCUT2D eigenvalue weighted by Gasteiger charge is -2.16. The Morgan fingerprint density at radius 3 is 2.77 bits per heavy atom. The molecule has 3 rings (SSSR count). The van der Waals surface area contributed by atoms with Crippen molar-refractivity contribution < 1.29 is 14.5 Å². The number of benzene rings is 2. The minimum absolute atomic E-state index is 0.0665. The first-order valence-corrected chi connectivity index (χ1v) is 8.39. The Morgan fingerprint density at radius 2 is 2.04 bits per heavy atom. The molecule has 1 saturated heterocycles. The molecule has 134 valence electrons. The number of nitrogens with zero attached hydrogens (tertiary/aromatic N) is 2. The van der Waals surface area contributed by atoms with Crippen molar-refractivity contribution in [3.8, 4) is 0 Å². The first-order valence-electron chi connectivity index (χ1n) is 8.01. The van der Waals surface area contributed by atoms with E-state index in [1.54, 1.807) is 18.2 Å². The summed E-state index contributed by atoms with van der Waals surface area (Å²) in [6.45, 7) is 0.467. The van der Waals surface area contributed by atoms with E-state index >= 15 is 0 Å². The molecule has 0 bridgehead atoms. The number of nitrogens with one attached hydrogen (secondary N) is 1. The minimum Gasteiger partial charge on any atom is -0.352 e. The summed E-state index contributed by atoms with van der Waals surface area (Å²) >= 11 is 6.07. The van der Waals surface area contributed by atoms with Crippen LogP contribution < -0.4 is 10.2 Å². The molecule has 2 aromatic carbocycles. The maximum atomic E-state index is 12.4. The van der Waals surface area contributed by atoms with Crippen LogP contribution in [0.1, 0.15) is 12.0 Å². The fourth-order valence-electron chi connectivity index (χ4n) is 2.88. The maximum Gasteiger partial charge on any atom is 0.271 e. The van der Waals surface area contributed by atoms with Crippen LogP contribution >= 0.6 is 11.6 Å². The zero-order chi connectivity index (χ0) is 18.7. The Kier molecular flexibility index (Phi) is 5.18. The van der Waals surface area contributed by atoms with Gasteiger partial charge in [0.05, 0.1) is 16.5 Å². The van der Waals surface area contributed by atoms with Crippen LogP contribution in [0.2, 0.25) is 5.02 Å². The van der Waals surface area contributed by atoms with E-state index in [9.17, 15) is 19.7 Å². The highest BCUT2D eigenvalue weighted by Gasteiger charge is 2.35. The summed E-state index contributed by atoms with van der Waals surface area (Å²) in [6, 6.07) is 13.0. The predicted octanol–water partition coefficient (Wildman–Crippen LogP) is 2.92. The fourth-order valence-corrected chi connectivity index (χ4v) is 3.08. The quantitative estimate of drug-likeness (QED) is 0.644. The summed E-state index contributed by atoms with van der Waals surface area (Å²) in [7, 11) is 0. The lowest BCUT2D eigenvalue weighted by molar-refractivity contribution is -0.384. The van der Waals surface area contributed by atoms with E-state index in [4.69, 9.17) is 11.6 Å². The molecule has 1 fully saturated rings. The van der Waals surface area contributed by atoms with Crippen molar-refractivity contribution in [1.29, 1.82) is 0 Å². The van der Waals surface area contributed by atoms with Gasteiger partial charge in [0.25, 0.3) is 5.69 Å². The van der Waals surface area contributed by atoms with Gasteiger partial charge in [-0.05, 0) is 17.7 Å². The third-order valence-electron chi connectivity index (χ3n) is 4.26. The Hall–Kier alpha value is -2.93. The molecule has 8 heteroatoms. The smallest absolute Gasteiger partial charge is 0.271 e. The van der Waals surface area contributed by atoms with Crippen LogP contribution in [0.5, 0.6) is 0 Å². The molecule has 0 aromatic heterocycles. The molecule has 1 N–H and O–H groups in total. The van der Waals surface area contributed by atoms with Crippen molar-refractivity contribution in [3.63, 3.8) is 0 Å². The maximum absolute atomic E-state index is 12.4. The molecule has 1 aliphatic heterocycles. The average molecular weight is 374 g/mol. The summed E-state index contributed by atoms with van der Waals surface area (Å²) in [4.78, 5) is 36.4. The third kappa shape index (κ3) is 3.83. The number of carbonyl (C=O) groups excluding carboxylic acids is 2. The van der Waals surface area contributed by atoms with Gasteiger partial charge >= 0.3 is 0 Å². The Balaban J connectivity index is 1.65. The van der Waals surface area contributed by atoms with Gasteiger partial charge in [-0.15, -0.1) is 0 Å². The predicted molar refractivity (Wildman–Crippen MR) is 96.9 cm³/mol. The van der Waals surface area contributed by atoms with Gasteiger partial charge in [0.15, 0.2) is 0 Å². The van der Waals surface area contributed by atoms with Crippen LogP contribution in [0.25, 0.3) is 0 Å². The average Bonchev–Trinajstić information content (AvgIpc) is 3.03. The van der Waals surface area contributed by atoms with Crippen molar-refractivity contribution in [1.82, 2.24) is 5.32 Å². The normalized spacial score (nSPS) is 16.6. The number of carbonyl (C=O) groups is 2. The van der Waals surface area contributed by atoms with Gasteiger partial charge in [-0.3, -0.25) is 19.7 Å². The van der Waals surface area contributed by atoms with E-state index in [2.05, 4.69) is 5.32 Å². The summed E-state index contributed by atoms with van der Waals surface area (Å²) in [5.41, 5.74) is 1.12. The van der Waals surface area contributed by atoms with E-state index < -0.39 is 10.8 Å². The van der Waals surface area contributed by atoms with E-state index in [1.807, 2.05) is 12.1 Å². The third-order valence-corrected chi connectivity index (χ3v) is 4.63. The highest BCUT2D eigenvalue weighted by molar-refractivity contribution is 6.31.